The lowest BCUT2D eigenvalue weighted by Gasteiger charge is -2.24. The Labute approximate surface area is 177 Å². The number of rotatable bonds is 5. The van der Waals surface area contributed by atoms with Crippen LogP contribution in [0.3, 0.4) is 0 Å². The van der Waals surface area contributed by atoms with E-state index in [-0.39, 0.29) is 37.0 Å². The van der Waals surface area contributed by atoms with E-state index in [1.165, 1.54) is 4.90 Å². The summed E-state index contributed by atoms with van der Waals surface area (Å²) >= 11 is 0. The summed E-state index contributed by atoms with van der Waals surface area (Å²) in [5, 5.41) is 0. The van der Waals surface area contributed by atoms with Gasteiger partial charge in [-0.1, -0.05) is 12.1 Å². The first-order chi connectivity index (χ1) is 14.2. The number of carbonyl (C=O) groups excluding carboxylic acids is 3. The van der Waals surface area contributed by atoms with Gasteiger partial charge in [0, 0.05) is 19.5 Å². The minimum atomic E-state index is -0.597. The smallest absolute Gasteiger partial charge is 0.416 e. The molecule has 0 saturated carbocycles. The van der Waals surface area contributed by atoms with Crippen LogP contribution in [0.15, 0.2) is 24.3 Å². The van der Waals surface area contributed by atoms with Gasteiger partial charge in [0.2, 0.25) is 5.91 Å². The highest BCUT2D eigenvalue weighted by Gasteiger charge is 2.40. The molecule has 2 saturated heterocycles. The molecule has 0 bridgehead atoms. The summed E-state index contributed by atoms with van der Waals surface area (Å²) in [5.41, 5.74) is 0.438. The molecule has 8 heteroatoms. The monoisotopic (exact) mass is 418 g/mol. The Kier molecular flexibility index (Phi) is 6.53. The summed E-state index contributed by atoms with van der Waals surface area (Å²) in [6.45, 7) is 6.66. The van der Waals surface area contributed by atoms with Gasteiger partial charge in [-0.15, -0.1) is 0 Å². The molecule has 2 atom stereocenters. The normalized spacial score (nSPS) is 21.5. The highest BCUT2D eigenvalue weighted by Crippen LogP contribution is 2.26. The van der Waals surface area contributed by atoms with Crippen molar-refractivity contribution in [3.63, 3.8) is 0 Å². The number of benzene rings is 1. The lowest BCUT2D eigenvalue weighted by atomic mass is 10.0. The fourth-order valence-electron chi connectivity index (χ4n) is 3.79. The number of carbonyl (C=O) groups is 3. The van der Waals surface area contributed by atoms with Crippen LogP contribution in [0, 0.1) is 5.92 Å². The second kappa shape index (κ2) is 8.93. The highest BCUT2D eigenvalue weighted by atomic mass is 16.6. The zero-order valence-corrected chi connectivity index (χ0v) is 18.1. The van der Waals surface area contributed by atoms with E-state index in [1.54, 1.807) is 12.0 Å². The molecule has 3 amide bonds. The van der Waals surface area contributed by atoms with Crippen LogP contribution in [0.5, 0.6) is 5.75 Å². The lowest BCUT2D eigenvalue weighted by molar-refractivity contribution is -0.130. The molecule has 0 aliphatic carbocycles. The molecule has 30 heavy (non-hydrogen) atoms. The summed E-state index contributed by atoms with van der Waals surface area (Å²) in [4.78, 5) is 40.2. The molecule has 0 radical (unpaired) electrons. The van der Waals surface area contributed by atoms with Crippen molar-refractivity contribution in [1.29, 1.82) is 0 Å². The first-order valence-electron chi connectivity index (χ1n) is 10.3. The molecule has 0 N–H and O–H groups in total. The largest absolute Gasteiger partial charge is 0.497 e. The molecule has 0 unspecified atom stereocenters. The summed E-state index contributed by atoms with van der Waals surface area (Å²) in [6, 6.07) is 7.20. The fourth-order valence-corrected chi connectivity index (χ4v) is 3.79. The van der Waals surface area contributed by atoms with Crippen molar-refractivity contribution in [2.45, 2.75) is 51.7 Å². The predicted molar refractivity (Wildman–Crippen MR) is 109 cm³/mol. The van der Waals surface area contributed by atoms with Crippen LogP contribution < -0.4 is 4.74 Å². The Morgan fingerprint density at radius 2 is 1.90 bits per heavy atom. The predicted octanol–water partition coefficient (Wildman–Crippen LogP) is 3.23. The van der Waals surface area contributed by atoms with Gasteiger partial charge >= 0.3 is 12.2 Å². The Morgan fingerprint density at radius 3 is 2.53 bits per heavy atom. The standard InChI is InChI=1S/C22H30N2O6/c1-22(2,3)30-20(26)23-10-9-16(13-23)12-19(25)24-17(14-29-21(24)27)11-15-5-7-18(28-4)8-6-15/h5-8,16-17H,9-14H2,1-4H3/t16-,17-/m0/s1. The number of imide groups is 1. The maximum Gasteiger partial charge on any atom is 0.416 e. The van der Waals surface area contributed by atoms with Crippen LogP contribution in [0.4, 0.5) is 9.59 Å². The Hall–Kier alpha value is -2.77. The van der Waals surface area contributed by atoms with Gasteiger partial charge in [0.1, 0.15) is 18.0 Å². The van der Waals surface area contributed by atoms with Gasteiger partial charge < -0.3 is 19.1 Å². The lowest BCUT2D eigenvalue weighted by Crippen LogP contribution is -2.41. The summed E-state index contributed by atoms with van der Waals surface area (Å²) in [6.07, 6.45) is 0.469. The number of amides is 3. The summed E-state index contributed by atoms with van der Waals surface area (Å²) in [7, 11) is 1.60. The first-order valence-corrected chi connectivity index (χ1v) is 10.3. The third-order valence-electron chi connectivity index (χ3n) is 5.26. The third-order valence-corrected chi connectivity index (χ3v) is 5.26. The van der Waals surface area contributed by atoms with E-state index in [0.717, 1.165) is 11.3 Å². The number of hydrogen-bond acceptors (Lipinski definition) is 6. The topological polar surface area (TPSA) is 85.4 Å². The Bertz CT molecular complexity index is 786. The number of likely N-dealkylation sites (tertiary alicyclic amines) is 1. The first kappa shape index (κ1) is 21.9. The van der Waals surface area contributed by atoms with Crippen molar-refractivity contribution in [2.75, 3.05) is 26.8 Å². The summed E-state index contributed by atoms with van der Waals surface area (Å²) < 4.78 is 15.7. The maximum absolute atomic E-state index is 12.9. The van der Waals surface area contributed by atoms with Crippen LogP contribution in [0.1, 0.15) is 39.2 Å². The number of methoxy groups -OCH3 is 1. The van der Waals surface area contributed by atoms with Gasteiger partial charge in [0.25, 0.3) is 0 Å². The maximum atomic E-state index is 12.9. The van der Waals surface area contributed by atoms with Crippen molar-refractivity contribution in [2.24, 2.45) is 5.92 Å². The van der Waals surface area contributed by atoms with Crippen LogP contribution in [-0.4, -0.2) is 66.3 Å². The van der Waals surface area contributed by atoms with Crippen molar-refractivity contribution in [1.82, 2.24) is 9.80 Å². The van der Waals surface area contributed by atoms with Crippen LogP contribution in [0.25, 0.3) is 0 Å². The molecule has 2 aliphatic rings. The molecule has 0 spiro atoms. The average Bonchev–Trinajstić information content (AvgIpc) is 3.28. The third kappa shape index (κ3) is 5.43. The van der Waals surface area contributed by atoms with Gasteiger partial charge in [0.05, 0.1) is 13.2 Å². The van der Waals surface area contributed by atoms with Gasteiger partial charge in [-0.2, -0.15) is 0 Å². The van der Waals surface area contributed by atoms with Crippen LogP contribution >= 0.6 is 0 Å². The van der Waals surface area contributed by atoms with Gasteiger partial charge in [0.15, 0.2) is 0 Å². The second-order valence-electron chi connectivity index (χ2n) is 8.83. The molecule has 2 heterocycles. The highest BCUT2D eigenvalue weighted by molar-refractivity contribution is 5.93. The van der Waals surface area contributed by atoms with Gasteiger partial charge in [-0.3, -0.25) is 4.79 Å². The Morgan fingerprint density at radius 1 is 1.20 bits per heavy atom. The minimum Gasteiger partial charge on any atom is -0.497 e. The van der Waals surface area contributed by atoms with E-state index >= 15 is 0 Å². The Balaban J connectivity index is 1.56. The number of hydrogen-bond donors (Lipinski definition) is 0. The fraction of sp³-hybridized carbons (Fsp3) is 0.591. The molecule has 164 valence electrons. The van der Waals surface area contributed by atoms with Crippen molar-refractivity contribution in [3.05, 3.63) is 29.8 Å². The van der Waals surface area contributed by atoms with E-state index in [9.17, 15) is 14.4 Å². The van der Waals surface area contributed by atoms with Gasteiger partial charge in [-0.05, 0) is 57.2 Å². The average molecular weight is 418 g/mol. The van der Waals surface area contributed by atoms with E-state index in [0.29, 0.717) is 25.9 Å². The second-order valence-corrected chi connectivity index (χ2v) is 8.83. The molecule has 2 fully saturated rings. The van der Waals surface area contributed by atoms with E-state index in [2.05, 4.69) is 0 Å². The molecule has 1 aromatic carbocycles. The van der Waals surface area contributed by atoms with Crippen LogP contribution in [-0.2, 0) is 20.7 Å². The summed E-state index contributed by atoms with van der Waals surface area (Å²) in [5.74, 6) is 0.494. The van der Waals surface area contributed by atoms with Gasteiger partial charge in [-0.25, -0.2) is 14.5 Å². The quantitative estimate of drug-likeness (QED) is 0.730. The van der Waals surface area contributed by atoms with Crippen molar-refractivity contribution in [3.8, 4) is 5.75 Å². The number of ether oxygens (including phenoxy) is 3. The zero-order chi connectivity index (χ0) is 21.9. The molecule has 0 aromatic heterocycles. The SMILES string of the molecule is COc1ccc(C[C@H]2COC(=O)N2C(=O)C[C@@H]2CCN(C(=O)OC(C)(C)C)C2)cc1. The molecule has 2 aliphatic heterocycles. The zero-order valence-electron chi connectivity index (χ0n) is 18.1. The number of nitrogens with zero attached hydrogens (tertiary/aromatic N) is 2. The molecule has 8 nitrogen and oxygen atoms in total. The van der Waals surface area contributed by atoms with E-state index < -0.39 is 11.7 Å². The minimum absolute atomic E-state index is 0.0000507. The molecule has 1 aromatic rings. The van der Waals surface area contributed by atoms with Crippen molar-refractivity contribution < 1.29 is 28.6 Å². The van der Waals surface area contributed by atoms with Crippen LogP contribution in [0.2, 0.25) is 0 Å². The van der Waals surface area contributed by atoms with E-state index in [1.807, 2.05) is 45.0 Å². The molecule has 3 rings (SSSR count). The van der Waals surface area contributed by atoms with E-state index in [4.69, 9.17) is 14.2 Å². The number of cyclic esters (lactones) is 1. The van der Waals surface area contributed by atoms with Crippen molar-refractivity contribution >= 4 is 18.1 Å². The molecular weight excluding hydrogens is 388 g/mol. The molecular formula is C22H30N2O6.